The van der Waals surface area contributed by atoms with E-state index in [1.54, 1.807) is 12.3 Å². The molecule has 1 aromatic heterocycles. The molecule has 0 saturated carbocycles. The Bertz CT molecular complexity index is 673. The van der Waals surface area contributed by atoms with Gasteiger partial charge >= 0.3 is 0 Å². The summed E-state index contributed by atoms with van der Waals surface area (Å²) in [5.74, 6) is 1.33. The van der Waals surface area contributed by atoms with Crippen molar-refractivity contribution < 1.29 is 9.76 Å². The maximum atomic E-state index is 11.4. The third-order valence-electron chi connectivity index (χ3n) is 3.88. The van der Waals surface area contributed by atoms with Crippen LogP contribution in [0.2, 0.25) is 5.15 Å². The largest absolute Gasteiger partial charge is 0.398 e. The van der Waals surface area contributed by atoms with E-state index in [1.165, 1.54) is 7.11 Å². The Balaban J connectivity index is 1.91. The predicted octanol–water partition coefficient (Wildman–Crippen LogP) is 2.05. The molecule has 0 unspecified atom stereocenters. The molecule has 0 bridgehead atoms. The first-order chi connectivity index (χ1) is 11.1. The number of fused-ring (bicyclic) bond motifs is 1. The molecule has 2 aliphatic heterocycles. The Hall–Kier alpha value is -2.35. The number of hydrogen-bond acceptors (Lipinski definition) is 6. The molecule has 1 aromatic rings. The second-order valence-electron chi connectivity index (χ2n) is 5.28. The molecule has 3 rings (SSSR count). The highest BCUT2D eigenvalue weighted by Crippen LogP contribution is 2.32. The molecule has 1 saturated heterocycles. The van der Waals surface area contributed by atoms with Gasteiger partial charge in [-0.2, -0.15) is 0 Å². The number of hydrogen-bond donors (Lipinski definition) is 0. The highest BCUT2D eigenvalue weighted by Gasteiger charge is 2.40. The van der Waals surface area contributed by atoms with Crippen LogP contribution in [0.1, 0.15) is 18.4 Å². The zero-order valence-corrected chi connectivity index (χ0v) is 13.4. The van der Waals surface area contributed by atoms with E-state index in [0.717, 1.165) is 11.4 Å². The van der Waals surface area contributed by atoms with Gasteiger partial charge in [-0.15, -0.1) is 0 Å². The van der Waals surface area contributed by atoms with Gasteiger partial charge in [0, 0.05) is 38.7 Å². The highest BCUT2D eigenvalue weighted by atomic mass is 35.5. The number of halogens is 1. The fraction of sp³-hybridized carbons (Fsp3) is 0.429. The molecule has 3 heterocycles. The Morgan fingerprint density at radius 2 is 2.26 bits per heavy atom. The van der Waals surface area contributed by atoms with E-state index in [-0.39, 0.29) is 10.6 Å². The smallest absolute Gasteiger partial charge is 0.287 e. The van der Waals surface area contributed by atoms with Gasteiger partial charge in [-0.25, -0.2) is 4.98 Å². The summed E-state index contributed by atoms with van der Waals surface area (Å²) in [6.45, 7) is 1.86. The summed E-state index contributed by atoms with van der Waals surface area (Å²) in [5, 5.41) is 15.8. The van der Waals surface area contributed by atoms with E-state index in [1.807, 2.05) is 15.9 Å². The minimum atomic E-state index is -0.301. The van der Waals surface area contributed by atoms with Crippen molar-refractivity contribution in [1.82, 2.24) is 14.8 Å². The van der Waals surface area contributed by atoms with Crippen molar-refractivity contribution in [2.75, 3.05) is 20.2 Å². The number of oxime groups is 1. The summed E-state index contributed by atoms with van der Waals surface area (Å²) < 4.78 is 0. The minimum absolute atomic E-state index is 0.222. The zero-order chi connectivity index (χ0) is 16.4. The topological polar surface area (TPSA) is 84.1 Å². The summed E-state index contributed by atoms with van der Waals surface area (Å²) >= 11 is 5.80. The number of nitro groups is 1. The van der Waals surface area contributed by atoms with E-state index in [0.29, 0.717) is 43.4 Å². The quantitative estimate of drug-likeness (QED) is 0.475. The SMILES string of the molecule is CO/N=C1\CCC([N+](=O)[O-])=C2N(Cc3ccc(Cl)nc3)CCN21. The van der Waals surface area contributed by atoms with Gasteiger partial charge in [0.2, 0.25) is 0 Å². The number of amidine groups is 1. The van der Waals surface area contributed by atoms with Crippen molar-refractivity contribution in [2.45, 2.75) is 19.4 Å². The van der Waals surface area contributed by atoms with Gasteiger partial charge < -0.3 is 14.6 Å². The number of aromatic nitrogens is 1. The van der Waals surface area contributed by atoms with Crippen LogP contribution < -0.4 is 0 Å². The molecule has 1 fully saturated rings. The standard InChI is InChI=1S/C14H16ClN5O3/c1-23-17-13-5-3-11(20(21)22)14-18(6-7-19(13)14)9-10-2-4-12(15)16-8-10/h2,4,8H,3,5-7,9H2,1H3/b17-13+. The van der Waals surface area contributed by atoms with Crippen molar-refractivity contribution in [2.24, 2.45) is 5.16 Å². The van der Waals surface area contributed by atoms with Crippen molar-refractivity contribution in [3.8, 4) is 0 Å². The molecular weight excluding hydrogens is 322 g/mol. The van der Waals surface area contributed by atoms with Crippen LogP contribution in [-0.2, 0) is 11.4 Å². The summed E-state index contributed by atoms with van der Waals surface area (Å²) in [6.07, 6.45) is 2.53. The van der Waals surface area contributed by atoms with Gasteiger partial charge in [0.05, 0.1) is 4.92 Å². The van der Waals surface area contributed by atoms with E-state index in [9.17, 15) is 10.1 Å². The first-order valence-electron chi connectivity index (χ1n) is 7.20. The summed E-state index contributed by atoms with van der Waals surface area (Å²) in [4.78, 5) is 23.9. The Morgan fingerprint density at radius 3 is 2.91 bits per heavy atom. The molecule has 0 atom stereocenters. The lowest BCUT2D eigenvalue weighted by molar-refractivity contribution is -0.431. The molecule has 23 heavy (non-hydrogen) atoms. The lowest BCUT2D eigenvalue weighted by Crippen LogP contribution is -2.35. The number of allylic oxidation sites excluding steroid dienone is 1. The fourth-order valence-electron chi connectivity index (χ4n) is 2.92. The molecule has 2 aliphatic rings. The van der Waals surface area contributed by atoms with Gasteiger partial charge in [-0.05, 0) is 11.6 Å². The summed E-state index contributed by atoms with van der Waals surface area (Å²) in [6, 6.07) is 3.59. The normalized spacial score (nSPS) is 19.3. The predicted molar refractivity (Wildman–Crippen MR) is 84.1 cm³/mol. The van der Waals surface area contributed by atoms with Gasteiger partial charge in [0.1, 0.15) is 12.3 Å². The van der Waals surface area contributed by atoms with Crippen LogP contribution >= 0.6 is 11.6 Å². The highest BCUT2D eigenvalue weighted by molar-refractivity contribution is 6.29. The molecule has 0 spiro atoms. The molecule has 0 amide bonds. The number of rotatable bonds is 4. The fourth-order valence-corrected chi connectivity index (χ4v) is 3.03. The first kappa shape index (κ1) is 15.5. The van der Waals surface area contributed by atoms with Crippen LogP contribution in [0.15, 0.2) is 35.0 Å². The van der Waals surface area contributed by atoms with Crippen molar-refractivity contribution >= 4 is 17.4 Å². The van der Waals surface area contributed by atoms with Crippen LogP contribution in [0.3, 0.4) is 0 Å². The van der Waals surface area contributed by atoms with E-state index in [4.69, 9.17) is 16.4 Å². The average Bonchev–Trinajstić information content (AvgIpc) is 2.94. The number of nitrogens with zero attached hydrogens (tertiary/aromatic N) is 5. The van der Waals surface area contributed by atoms with Crippen molar-refractivity contribution in [1.29, 1.82) is 0 Å². The van der Waals surface area contributed by atoms with E-state index in [2.05, 4.69) is 10.1 Å². The third kappa shape index (κ3) is 3.07. The average molecular weight is 338 g/mol. The zero-order valence-electron chi connectivity index (χ0n) is 12.6. The summed E-state index contributed by atoms with van der Waals surface area (Å²) in [5.41, 5.74) is 1.17. The lowest BCUT2D eigenvalue weighted by Gasteiger charge is -2.28. The van der Waals surface area contributed by atoms with Gasteiger partial charge in [-0.1, -0.05) is 22.8 Å². The van der Waals surface area contributed by atoms with Crippen LogP contribution in [0.25, 0.3) is 0 Å². The minimum Gasteiger partial charge on any atom is -0.398 e. The van der Waals surface area contributed by atoms with Gasteiger partial charge in [-0.3, -0.25) is 10.1 Å². The van der Waals surface area contributed by atoms with Crippen LogP contribution in [-0.4, -0.2) is 45.7 Å². The Labute approximate surface area is 138 Å². The lowest BCUT2D eigenvalue weighted by atomic mass is 10.1. The molecule has 0 N–H and O–H groups in total. The maximum absolute atomic E-state index is 11.4. The van der Waals surface area contributed by atoms with Gasteiger partial charge in [0.25, 0.3) is 5.70 Å². The molecule has 0 aliphatic carbocycles. The summed E-state index contributed by atoms with van der Waals surface area (Å²) in [7, 11) is 1.48. The molecular formula is C14H16ClN5O3. The van der Waals surface area contributed by atoms with Gasteiger partial charge in [0.15, 0.2) is 11.7 Å². The molecule has 0 radical (unpaired) electrons. The van der Waals surface area contributed by atoms with Crippen LogP contribution in [0.5, 0.6) is 0 Å². The number of pyridine rings is 1. The molecule has 8 nitrogen and oxygen atoms in total. The maximum Gasteiger partial charge on any atom is 0.287 e. The Morgan fingerprint density at radius 1 is 1.43 bits per heavy atom. The second kappa shape index (κ2) is 6.41. The van der Waals surface area contributed by atoms with Crippen molar-refractivity contribution in [3.63, 3.8) is 0 Å². The Kier molecular flexibility index (Phi) is 4.33. The molecule has 9 heteroatoms. The third-order valence-corrected chi connectivity index (χ3v) is 4.11. The first-order valence-corrected chi connectivity index (χ1v) is 7.58. The molecule has 122 valence electrons. The van der Waals surface area contributed by atoms with E-state index < -0.39 is 0 Å². The van der Waals surface area contributed by atoms with Crippen LogP contribution in [0, 0.1) is 10.1 Å². The van der Waals surface area contributed by atoms with Crippen LogP contribution in [0.4, 0.5) is 0 Å². The monoisotopic (exact) mass is 337 g/mol. The second-order valence-corrected chi connectivity index (χ2v) is 5.67. The van der Waals surface area contributed by atoms with E-state index >= 15 is 0 Å². The molecule has 0 aromatic carbocycles. The van der Waals surface area contributed by atoms with Crippen molar-refractivity contribution in [3.05, 3.63) is 50.7 Å².